The minimum atomic E-state index is -0.495. The Hall–Kier alpha value is -2.44. The molecular formula is C21H23ClFN3O2. The fourth-order valence-corrected chi connectivity index (χ4v) is 3.04. The van der Waals surface area contributed by atoms with E-state index < -0.39 is 11.9 Å². The van der Waals surface area contributed by atoms with Crippen molar-refractivity contribution in [2.75, 3.05) is 10.6 Å². The minimum Gasteiger partial charge on any atom is -0.326 e. The molecule has 1 aliphatic rings. The molecule has 0 bridgehead atoms. The summed E-state index contributed by atoms with van der Waals surface area (Å²) in [6.07, 6.45) is 1.93. The van der Waals surface area contributed by atoms with Gasteiger partial charge in [0.25, 0.3) is 0 Å². The maximum atomic E-state index is 13.1. The molecular weight excluding hydrogens is 381 g/mol. The van der Waals surface area contributed by atoms with Crippen LogP contribution in [0.25, 0.3) is 0 Å². The molecule has 1 fully saturated rings. The standard InChI is InChI=1S/C21H23ClFN3O2/c1-12(14-5-8-17(9-6-14)25-21(28)15-3-4-15)24-13(2)20(27)26-19-10-7-16(23)11-18(19)22/h5-13,15,24H,3-4H2,1-2H3,(H,25,28)(H,26,27)/t12-,13-/m0/s1. The molecule has 0 aromatic heterocycles. The van der Waals surface area contributed by atoms with Gasteiger partial charge in [-0.2, -0.15) is 0 Å². The molecule has 0 radical (unpaired) electrons. The van der Waals surface area contributed by atoms with Gasteiger partial charge in [-0.15, -0.1) is 0 Å². The Morgan fingerprint density at radius 1 is 1.07 bits per heavy atom. The van der Waals surface area contributed by atoms with E-state index in [0.29, 0.717) is 5.69 Å². The van der Waals surface area contributed by atoms with E-state index in [-0.39, 0.29) is 28.8 Å². The van der Waals surface area contributed by atoms with E-state index in [9.17, 15) is 14.0 Å². The van der Waals surface area contributed by atoms with Crippen molar-refractivity contribution in [3.05, 3.63) is 58.9 Å². The lowest BCUT2D eigenvalue weighted by atomic mass is 10.1. The topological polar surface area (TPSA) is 70.2 Å². The van der Waals surface area contributed by atoms with Crippen molar-refractivity contribution in [3.63, 3.8) is 0 Å². The van der Waals surface area contributed by atoms with Crippen molar-refractivity contribution in [2.45, 2.75) is 38.8 Å². The van der Waals surface area contributed by atoms with Crippen LogP contribution in [-0.4, -0.2) is 17.9 Å². The van der Waals surface area contributed by atoms with Gasteiger partial charge in [0.2, 0.25) is 11.8 Å². The number of rotatable bonds is 7. The van der Waals surface area contributed by atoms with Gasteiger partial charge in [-0.3, -0.25) is 14.9 Å². The van der Waals surface area contributed by atoms with Crippen molar-refractivity contribution in [1.82, 2.24) is 5.32 Å². The minimum absolute atomic E-state index is 0.0728. The van der Waals surface area contributed by atoms with E-state index in [2.05, 4.69) is 16.0 Å². The van der Waals surface area contributed by atoms with Gasteiger partial charge in [-0.05, 0) is 62.6 Å². The summed E-state index contributed by atoms with van der Waals surface area (Å²) in [5, 5.41) is 8.97. The molecule has 7 heteroatoms. The monoisotopic (exact) mass is 403 g/mol. The lowest BCUT2D eigenvalue weighted by Gasteiger charge is -2.20. The highest BCUT2D eigenvalue weighted by molar-refractivity contribution is 6.33. The molecule has 2 atom stereocenters. The molecule has 0 aliphatic heterocycles. The van der Waals surface area contributed by atoms with Crippen LogP contribution in [0.5, 0.6) is 0 Å². The number of amides is 2. The molecule has 1 saturated carbocycles. The highest BCUT2D eigenvalue weighted by Gasteiger charge is 2.29. The second kappa shape index (κ2) is 8.71. The van der Waals surface area contributed by atoms with E-state index in [0.717, 1.165) is 30.2 Å². The van der Waals surface area contributed by atoms with Crippen molar-refractivity contribution in [1.29, 1.82) is 0 Å². The van der Waals surface area contributed by atoms with Crippen LogP contribution in [0.3, 0.4) is 0 Å². The summed E-state index contributed by atoms with van der Waals surface area (Å²) in [5.41, 5.74) is 2.12. The van der Waals surface area contributed by atoms with E-state index in [1.54, 1.807) is 6.92 Å². The predicted octanol–water partition coefficient (Wildman–Crippen LogP) is 4.51. The first-order chi connectivity index (χ1) is 13.3. The summed E-state index contributed by atoms with van der Waals surface area (Å²) in [6.45, 7) is 3.69. The Morgan fingerprint density at radius 3 is 2.36 bits per heavy atom. The Morgan fingerprint density at radius 2 is 1.75 bits per heavy atom. The van der Waals surface area contributed by atoms with E-state index >= 15 is 0 Å². The molecule has 28 heavy (non-hydrogen) atoms. The Bertz CT molecular complexity index is 868. The van der Waals surface area contributed by atoms with Crippen LogP contribution in [0.15, 0.2) is 42.5 Å². The number of hydrogen-bond acceptors (Lipinski definition) is 3. The van der Waals surface area contributed by atoms with E-state index in [1.165, 1.54) is 12.1 Å². The smallest absolute Gasteiger partial charge is 0.241 e. The number of halogens is 2. The molecule has 1 aliphatic carbocycles. The summed E-state index contributed by atoms with van der Waals surface area (Å²) in [7, 11) is 0. The number of carbonyl (C=O) groups is 2. The second-order valence-electron chi connectivity index (χ2n) is 7.11. The highest BCUT2D eigenvalue weighted by atomic mass is 35.5. The van der Waals surface area contributed by atoms with Gasteiger partial charge in [0.1, 0.15) is 5.82 Å². The van der Waals surface area contributed by atoms with Crippen LogP contribution in [-0.2, 0) is 9.59 Å². The Balaban J connectivity index is 1.54. The molecule has 3 rings (SSSR count). The summed E-state index contributed by atoms with van der Waals surface area (Å²) >= 11 is 5.95. The van der Waals surface area contributed by atoms with Gasteiger partial charge in [-0.25, -0.2) is 4.39 Å². The third-order valence-electron chi connectivity index (χ3n) is 4.71. The fourth-order valence-electron chi connectivity index (χ4n) is 2.82. The molecule has 5 nitrogen and oxygen atoms in total. The fraction of sp³-hybridized carbons (Fsp3) is 0.333. The number of carbonyl (C=O) groups excluding carboxylic acids is 2. The largest absolute Gasteiger partial charge is 0.326 e. The van der Waals surface area contributed by atoms with Crippen molar-refractivity contribution in [2.24, 2.45) is 5.92 Å². The van der Waals surface area contributed by atoms with Gasteiger partial charge < -0.3 is 10.6 Å². The predicted molar refractivity (Wildman–Crippen MR) is 109 cm³/mol. The van der Waals surface area contributed by atoms with Crippen molar-refractivity contribution < 1.29 is 14.0 Å². The maximum absolute atomic E-state index is 13.1. The number of benzene rings is 2. The van der Waals surface area contributed by atoms with E-state index in [4.69, 9.17) is 11.6 Å². The summed E-state index contributed by atoms with van der Waals surface area (Å²) in [4.78, 5) is 24.2. The zero-order valence-corrected chi connectivity index (χ0v) is 16.5. The lowest BCUT2D eigenvalue weighted by molar-refractivity contribution is -0.118. The molecule has 2 aromatic carbocycles. The molecule has 2 amide bonds. The van der Waals surface area contributed by atoms with Gasteiger partial charge in [0.15, 0.2) is 0 Å². The first kappa shape index (κ1) is 20.3. The Labute approximate surface area is 168 Å². The first-order valence-corrected chi connectivity index (χ1v) is 9.64. The average molecular weight is 404 g/mol. The van der Waals surface area contributed by atoms with Gasteiger partial charge in [-0.1, -0.05) is 23.7 Å². The third kappa shape index (κ3) is 5.30. The van der Waals surface area contributed by atoms with Crippen molar-refractivity contribution in [3.8, 4) is 0 Å². The number of nitrogens with one attached hydrogen (secondary N) is 3. The number of hydrogen-bond donors (Lipinski definition) is 3. The molecule has 3 N–H and O–H groups in total. The Kier molecular flexibility index (Phi) is 6.31. The summed E-state index contributed by atoms with van der Waals surface area (Å²) < 4.78 is 13.1. The van der Waals surface area contributed by atoms with Crippen molar-refractivity contribution >= 4 is 34.8 Å². The van der Waals surface area contributed by atoms with Gasteiger partial charge in [0, 0.05) is 17.6 Å². The average Bonchev–Trinajstić information content (AvgIpc) is 3.49. The SMILES string of the molecule is C[C@H](N[C@@H](C)c1ccc(NC(=O)C2CC2)cc1)C(=O)Nc1ccc(F)cc1Cl. The molecule has 0 heterocycles. The van der Waals surface area contributed by atoms with E-state index in [1.807, 2.05) is 31.2 Å². The quantitative estimate of drug-likeness (QED) is 0.637. The number of anilines is 2. The molecule has 0 saturated heterocycles. The zero-order chi connectivity index (χ0) is 20.3. The molecule has 0 unspecified atom stereocenters. The van der Waals surface area contributed by atoms with Crippen LogP contribution in [0, 0.1) is 11.7 Å². The first-order valence-electron chi connectivity index (χ1n) is 9.26. The van der Waals surface area contributed by atoms with Crippen LogP contribution < -0.4 is 16.0 Å². The van der Waals surface area contributed by atoms with Crippen LogP contribution >= 0.6 is 11.6 Å². The lowest BCUT2D eigenvalue weighted by Crippen LogP contribution is -2.39. The van der Waals surface area contributed by atoms with Crippen LogP contribution in [0.4, 0.5) is 15.8 Å². The zero-order valence-electron chi connectivity index (χ0n) is 15.8. The highest BCUT2D eigenvalue weighted by Crippen LogP contribution is 2.30. The van der Waals surface area contributed by atoms with Gasteiger partial charge in [0.05, 0.1) is 16.8 Å². The van der Waals surface area contributed by atoms with Crippen LogP contribution in [0.2, 0.25) is 5.02 Å². The van der Waals surface area contributed by atoms with Gasteiger partial charge >= 0.3 is 0 Å². The normalized spacial score (nSPS) is 15.6. The molecule has 0 spiro atoms. The maximum Gasteiger partial charge on any atom is 0.241 e. The third-order valence-corrected chi connectivity index (χ3v) is 5.02. The van der Waals surface area contributed by atoms with Crippen LogP contribution in [0.1, 0.15) is 38.3 Å². The molecule has 148 valence electrons. The summed E-state index contributed by atoms with van der Waals surface area (Å²) in [6, 6.07) is 10.8. The molecule has 2 aromatic rings. The second-order valence-corrected chi connectivity index (χ2v) is 7.52. The summed E-state index contributed by atoms with van der Waals surface area (Å²) in [5.74, 6) is -0.494.